The lowest BCUT2D eigenvalue weighted by atomic mass is 10.0. The molecule has 0 saturated carbocycles. The monoisotopic (exact) mass is 355 g/mol. The number of amides is 1. The lowest BCUT2D eigenvalue weighted by Crippen LogP contribution is -2.25. The molecule has 25 heavy (non-hydrogen) atoms. The predicted octanol–water partition coefficient (Wildman–Crippen LogP) is 4.20. The van der Waals surface area contributed by atoms with Crippen LogP contribution in [0, 0.1) is 0 Å². The van der Waals surface area contributed by atoms with Gasteiger partial charge in [0.25, 0.3) is 5.91 Å². The SMILES string of the molecule is CC(C)c1n[nH]c2cc(O)c(C(=O)N3Cc4ccc(Cl)cc4C3)cc12. The number of H-pyrrole nitrogens is 1. The molecule has 0 radical (unpaired) electrons. The van der Waals surface area contributed by atoms with Crippen molar-refractivity contribution in [3.63, 3.8) is 0 Å². The summed E-state index contributed by atoms with van der Waals surface area (Å²) < 4.78 is 0. The fourth-order valence-corrected chi connectivity index (χ4v) is 3.56. The third-order valence-electron chi connectivity index (χ3n) is 4.66. The number of aromatic amines is 1. The van der Waals surface area contributed by atoms with Gasteiger partial charge in [-0.2, -0.15) is 5.10 Å². The second-order valence-corrected chi connectivity index (χ2v) is 7.19. The van der Waals surface area contributed by atoms with E-state index in [2.05, 4.69) is 10.2 Å². The quantitative estimate of drug-likeness (QED) is 0.723. The number of phenols is 1. The van der Waals surface area contributed by atoms with Gasteiger partial charge in [0.15, 0.2) is 0 Å². The molecule has 0 saturated heterocycles. The zero-order valence-corrected chi connectivity index (χ0v) is 14.8. The zero-order chi connectivity index (χ0) is 17.7. The molecule has 1 aliphatic rings. The normalized spacial score (nSPS) is 13.7. The van der Waals surface area contributed by atoms with E-state index in [1.165, 1.54) is 0 Å². The van der Waals surface area contributed by atoms with Gasteiger partial charge >= 0.3 is 0 Å². The minimum absolute atomic E-state index is 0.0366. The van der Waals surface area contributed by atoms with Crippen molar-refractivity contribution in [3.8, 4) is 5.75 Å². The number of nitrogens with one attached hydrogen (secondary N) is 1. The van der Waals surface area contributed by atoms with Crippen LogP contribution in [0.15, 0.2) is 30.3 Å². The van der Waals surface area contributed by atoms with E-state index in [0.29, 0.717) is 23.7 Å². The average molecular weight is 356 g/mol. The highest BCUT2D eigenvalue weighted by Crippen LogP contribution is 2.32. The van der Waals surface area contributed by atoms with Gasteiger partial charge in [-0.25, -0.2) is 0 Å². The van der Waals surface area contributed by atoms with Crippen LogP contribution in [-0.2, 0) is 13.1 Å². The number of carbonyl (C=O) groups excluding carboxylic acids is 1. The van der Waals surface area contributed by atoms with Crippen LogP contribution < -0.4 is 0 Å². The van der Waals surface area contributed by atoms with Crippen LogP contribution in [0.2, 0.25) is 5.02 Å². The molecule has 0 bridgehead atoms. The topological polar surface area (TPSA) is 69.2 Å². The van der Waals surface area contributed by atoms with Crippen molar-refractivity contribution in [2.45, 2.75) is 32.9 Å². The molecule has 2 aromatic carbocycles. The van der Waals surface area contributed by atoms with E-state index in [9.17, 15) is 9.90 Å². The molecule has 0 aliphatic carbocycles. The molecule has 2 N–H and O–H groups in total. The molecule has 0 fully saturated rings. The molecule has 128 valence electrons. The van der Waals surface area contributed by atoms with Crippen LogP contribution in [0.25, 0.3) is 10.9 Å². The van der Waals surface area contributed by atoms with E-state index < -0.39 is 0 Å². The Morgan fingerprint density at radius 2 is 2.00 bits per heavy atom. The summed E-state index contributed by atoms with van der Waals surface area (Å²) in [4.78, 5) is 14.7. The Hall–Kier alpha value is -2.53. The lowest BCUT2D eigenvalue weighted by Gasteiger charge is -2.16. The summed E-state index contributed by atoms with van der Waals surface area (Å²) in [6.07, 6.45) is 0. The molecule has 0 unspecified atom stereocenters. The number of carbonyl (C=O) groups is 1. The highest BCUT2D eigenvalue weighted by molar-refractivity contribution is 6.30. The Morgan fingerprint density at radius 1 is 1.24 bits per heavy atom. The van der Waals surface area contributed by atoms with E-state index in [1.54, 1.807) is 17.0 Å². The van der Waals surface area contributed by atoms with E-state index in [0.717, 1.165) is 27.7 Å². The van der Waals surface area contributed by atoms with E-state index in [1.807, 2.05) is 32.0 Å². The largest absolute Gasteiger partial charge is 0.507 e. The van der Waals surface area contributed by atoms with Gasteiger partial charge in [0.05, 0.1) is 16.8 Å². The summed E-state index contributed by atoms with van der Waals surface area (Å²) in [7, 11) is 0. The number of halogens is 1. The van der Waals surface area contributed by atoms with Gasteiger partial charge in [-0.15, -0.1) is 0 Å². The van der Waals surface area contributed by atoms with Crippen LogP contribution in [-0.4, -0.2) is 26.1 Å². The lowest BCUT2D eigenvalue weighted by molar-refractivity contribution is 0.0748. The molecule has 1 aromatic heterocycles. The molecule has 5 nitrogen and oxygen atoms in total. The van der Waals surface area contributed by atoms with E-state index in [4.69, 9.17) is 11.6 Å². The zero-order valence-electron chi connectivity index (χ0n) is 14.0. The van der Waals surface area contributed by atoms with E-state index >= 15 is 0 Å². The number of rotatable bonds is 2. The summed E-state index contributed by atoms with van der Waals surface area (Å²) in [5, 5.41) is 19.1. The minimum atomic E-state index is -0.192. The summed E-state index contributed by atoms with van der Waals surface area (Å²) in [6, 6.07) is 8.97. The maximum Gasteiger partial charge on any atom is 0.258 e. The van der Waals surface area contributed by atoms with Crippen LogP contribution in [0.1, 0.15) is 46.9 Å². The minimum Gasteiger partial charge on any atom is -0.507 e. The van der Waals surface area contributed by atoms with Gasteiger partial charge in [0.2, 0.25) is 0 Å². The maximum atomic E-state index is 13.0. The first-order valence-corrected chi connectivity index (χ1v) is 8.59. The first-order valence-electron chi connectivity index (χ1n) is 8.21. The number of aromatic hydroxyl groups is 1. The maximum absolute atomic E-state index is 13.0. The molecule has 1 aliphatic heterocycles. The first-order chi connectivity index (χ1) is 11.9. The van der Waals surface area contributed by atoms with Crippen molar-refractivity contribution >= 4 is 28.4 Å². The van der Waals surface area contributed by atoms with Gasteiger partial charge < -0.3 is 10.0 Å². The van der Waals surface area contributed by atoms with Gasteiger partial charge in [-0.05, 0) is 35.2 Å². The Kier molecular flexibility index (Phi) is 3.69. The van der Waals surface area contributed by atoms with Gasteiger partial charge in [0, 0.05) is 29.6 Å². The predicted molar refractivity (Wildman–Crippen MR) is 96.9 cm³/mol. The fraction of sp³-hybridized carbons (Fsp3) is 0.263. The third kappa shape index (κ3) is 2.65. The highest BCUT2D eigenvalue weighted by atomic mass is 35.5. The number of aromatic nitrogens is 2. The molecule has 1 amide bonds. The van der Waals surface area contributed by atoms with Crippen molar-refractivity contribution in [1.82, 2.24) is 15.1 Å². The molecule has 0 spiro atoms. The van der Waals surface area contributed by atoms with Gasteiger partial charge in [-0.3, -0.25) is 9.89 Å². The van der Waals surface area contributed by atoms with Crippen molar-refractivity contribution in [2.75, 3.05) is 0 Å². The summed E-state index contributed by atoms with van der Waals surface area (Å²) in [5.74, 6) is -0.00694. The van der Waals surface area contributed by atoms with Crippen molar-refractivity contribution < 1.29 is 9.90 Å². The Balaban J connectivity index is 1.71. The standard InChI is InChI=1S/C19H18ClN3O2/c1-10(2)18-14-6-15(17(24)7-16(14)21-22-18)19(25)23-8-11-3-4-13(20)5-12(11)9-23/h3-7,10,24H,8-9H2,1-2H3,(H,21,22). The Morgan fingerprint density at radius 3 is 2.76 bits per heavy atom. The number of fused-ring (bicyclic) bond motifs is 2. The van der Waals surface area contributed by atoms with Crippen LogP contribution in [0.5, 0.6) is 5.75 Å². The highest BCUT2D eigenvalue weighted by Gasteiger charge is 2.27. The second kappa shape index (κ2) is 5.77. The Bertz CT molecular complexity index is 994. The van der Waals surface area contributed by atoms with Crippen LogP contribution in [0.4, 0.5) is 0 Å². The smallest absolute Gasteiger partial charge is 0.258 e. The summed E-state index contributed by atoms with van der Waals surface area (Å²) >= 11 is 6.04. The molecular formula is C19H18ClN3O2. The van der Waals surface area contributed by atoms with Crippen LogP contribution >= 0.6 is 11.6 Å². The summed E-state index contributed by atoms with van der Waals surface area (Å²) in [5.41, 5.74) is 4.06. The number of nitrogens with zero attached hydrogens (tertiary/aromatic N) is 2. The molecule has 0 atom stereocenters. The summed E-state index contributed by atoms with van der Waals surface area (Å²) in [6.45, 7) is 5.11. The molecule has 6 heteroatoms. The molecular weight excluding hydrogens is 338 g/mol. The number of benzene rings is 2. The third-order valence-corrected chi connectivity index (χ3v) is 4.90. The number of hydrogen-bond donors (Lipinski definition) is 2. The van der Waals surface area contributed by atoms with Gasteiger partial charge in [-0.1, -0.05) is 31.5 Å². The van der Waals surface area contributed by atoms with E-state index in [-0.39, 0.29) is 17.6 Å². The van der Waals surface area contributed by atoms with Crippen LogP contribution in [0.3, 0.4) is 0 Å². The number of phenolic OH excluding ortho intramolecular Hbond substituents is 1. The van der Waals surface area contributed by atoms with Crippen molar-refractivity contribution in [3.05, 3.63) is 57.7 Å². The second-order valence-electron chi connectivity index (χ2n) is 6.75. The molecule has 4 rings (SSSR count). The molecule has 3 aromatic rings. The Labute approximate surface area is 150 Å². The first kappa shape index (κ1) is 16.0. The van der Waals surface area contributed by atoms with Gasteiger partial charge in [0.1, 0.15) is 5.75 Å². The number of hydrogen-bond acceptors (Lipinski definition) is 3. The molecule has 2 heterocycles. The van der Waals surface area contributed by atoms with Crippen molar-refractivity contribution in [2.24, 2.45) is 0 Å². The average Bonchev–Trinajstić information content (AvgIpc) is 3.16. The van der Waals surface area contributed by atoms with Crippen molar-refractivity contribution in [1.29, 1.82) is 0 Å². The fourth-order valence-electron chi connectivity index (χ4n) is 3.36.